The van der Waals surface area contributed by atoms with Gasteiger partial charge in [0.25, 0.3) is 5.91 Å². The van der Waals surface area contributed by atoms with Crippen LogP contribution in [0.25, 0.3) is 4.98 Å². The summed E-state index contributed by atoms with van der Waals surface area (Å²) in [4.78, 5) is 42.9. The molecule has 3 aliphatic rings. The van der Waals surface area contributed by atoms with Crippen LogP contribution in [0.2, 0.25) is 0 Å². The van der Waals surface area contributed by atoms with Crippen molar-refractivity contribution in [3.05, 3.63) is 50.9 Å². The molecule has 0 saturated carbocycles. The van der Waals surface area contributed by atoms with Crippen LogP contribution in [0, 0.1) is 17.2 Å². The van der Waals surface area contributed by atoms with E-state index < -0.39 is 63.8 Å². The summed E-state index contributed by atoms with van der Waals surface area (Å²) in [5.41, 5.74) is 1.57. The molecule has 166 valence electrons. The van der Waals surface area contributed by atoms with Gasteiger partial charge in [0.15, 0.2) is 16.4 Å². The molecule has 0 spiro atoms. The first-order chi connectivity index (χ1) is 15.0. The lowest BCUT2D eigenvalue weighted by Gasteiger charge is -2.49. The standard InChI is InChI=1S/C21H20N4O7/c1-25(2)15-9-6-7-5-8-10(24-23)3-4-11(26)13(8)16(27)12(7)18(29)21(9,32)19(30)14(17(15)28)20(22)31/h3-4,7,9,15,32H,5-6H2,1-2H3,(H4-,22,26,27,28,29,30,31)/p+1/t7?,9?,15-,21-/m0/s1. The summed E-state index contributed by atoms with van der Waals surface area (Å²) in [6.07, 6.45) is 0.0224. The van der Waals surface area contributed by atoms with Gasteiger partial charge in [-0.25, -0.2) is 0 Å². The van der Waals surface area contributed by atoms with Gasteiger partial charge in [-0.05, 0) is 38.9 Å². The van der Waals surface area contributed by atoms with Crippen LogP contribution in [0.15, 0.2) is 34.8 Å². The highest BCUT2D eigenvalue weighted by molar-refractivity contribution is 6.24. The van der Waals surface area contributed by atoms with Gasteiger partial charge in [-0.15, -0.1) is 0 Å². The van der Waals surface area contributed by atoms with E-state index in [4.69, 9.17) is 5.73 Å². The maximum Gasteiger partial charge on any atom is 0.389 e. The SMILES string of the molecule is CN(C)[C@@H]1C(O)=C(C(N)=O)C(=O)[C@@]2(O)C(O)=C3C(=O)c4c(O)ccc([N+]#N)c4CC3CC12. The molecule has 0 aromatic heterocycles. The summed E-state index contributed by atoms with van der Waals surface area (Å²) in [6, 6.07) is 1.42. The van der Waals surface area contributed by atoms with Crippen LogP contribution in [-0.2, 0) is 16.0 Å². The van der Waals surface area contributed by atoms with Gasteiger partial charge in [0.05, 0.1) is 17.2 Å². The van der Waals surface area contributed by atoms with Crippen molar-refractivity contribution in [3.8, 4) is 5.75 Å². The maximum atomic E-state index is 13.3. The van der Waals surface area contributed by atoms with Crippen molar-refractivity contribution in [2.24, 2.45) is 17.6 Å². The Balaban J connectivity index is 1.99. The minimum Gasteiger partial charge on any atom is -0.510 e. The molecule has 6 N–H and O–H groups in total. The summed E-state index contributed by atoms with van der Waals surface area (Å²) in [7, 11) is 3.10. The van der Waals surface area contributed by atoms with E-state index >= 15 is 0 Å². The average molecular weight is 441 g/mol. The molecule has 0 radical (unpaired) electrons. The molecule has 0 aliphatic heterocycles. The van der Waals surface area contributed by atoms with Crippen LogP contribution in [0.4, 0.5) is 5.69 Å². The number of carbonyl (C=O) groups is 3. The Morgan fingerprint density at radius 2 is 1.91 bits per heavy atom. The number of primary amides is 1. The Morgan fingerprint density at radius 1 is 1.25 bits per heavy atom. The number of aliphatic hydroxyl groups is 3. The third kappa shape index (κ3) is 2.54. The fourth-order valence-electron chi connectivity index (χ4n) is 5.33. The number of aromatic hydroxyl groups is 1. The Hall–Kier alpha value is -3.75. The van der Waals surface area contributed by atoms with Gasteiger partial charge in [0.1, 0.15) is 22.8 Å². The Bertz CT molecular complexity index is 1210. The number of amides is 1. The molecule has 32 heavy (non-hydrogen) atoms. The number of Topliss-reactive ketones (excluding diaryl/α,β-unsaturated/α-hetero) is 2. The number of nitrogens with zero attached hydrogens (tertiary/aromatic N) is 3. The number of likely N-dealkylation sites (N-methyl/N-ethyl adjacent to an activating group) is 1. The van der Waals surface area contributed by atoms with Crippen LogP contribution >= 0.6 is 0 Å². The minimum absolute atomic E-state index is 0.0354. The number of carbonyl (C=O) groups excluding carboxylic acids is 3. The van der Waals surface area contributed by atoms with E-state index in [1.807, 2.05) is 0 Å². The molecule has 3 aliphatic carbocycles. The number of phenols is 1. The molecule has 0 heterocycles. The van der Waals surface area contributed by atoms with E-state index in [9.17, 15) is 40.2 Å². The second-order valence-electron chi connectivity index (χ2n) is 8.52. The van der Waals surface area contributed by atoms with Crippen molar-refractivity contribution in [2.45, 2.75) is 24.5 Å². The van der Waals surface area contributed by atoms with Gasteiger partial charge in [0.2, 0.25) is 11.2 Å². The number of benzene rings is 1. The van der Waals surface area contributed by atoms with Gasteiger partial charge < -0.3 is 26.2 Å². The third-order valence-electron chi connectivity index (χ3n) is 6.69. The van der Waals surface area contributed by atoms with Gasteiger partial charge >= 0.3 is 5.69 Å². The Labute approximate surface area is 181 Å². The summed E-state index contributed by atoms with van der Waals surface area (Å²) in [5, 5.41) is 52.8. The highest BCUT2D eigenvalue weighted by atomic mass is 16.3. The maximum absolute atomic E-state index is 13.3. The van der Waals surface area contributed by atoms with E-state index in [2.05, 4.69) is 4.98 Å². The van der Waals surface area contributed by atoms with E-state index in [0.29, 0.717) is 0 Å². The number of phenolic OH excluding ortho intramolecular Hbond substituents is 1. The quantitative estimate of drug-likeness (QED) is 0.323. The monoisotopic (exact) mass is 441 g/mol. The highest BCUT2D eigenvalue weighted by Gasteiger charge is 2.63. The molecule has 2 unspecified atom stereocenters. The smallest absolute Gasteiger partial charge is 0.389 e. The van der Waals surface area contributed by atoms with Crippen LogP contribution in [0.1, 0.15) is 22.3 Å². The van der Waals surface area contributed by atoms with Crippen LogP contribution in [-0.4, -0.2) is 68.5 Å². The molecular weight excluding hydrogens is 420 g/mol. The molecular formula is C21H21N4O7+. The fraction of sp³-hybridized carbons (Fsp3) is 0.381. The van der Waals surface area contributed by atoms with E-state index in [1.54, 1.807) is 14.1 Å². The van der Waals surface area contributed by atoms with E-state index in [-0.39, 0.29) is 35.2 Å². The molecule has 0 saturated heterocycles. The minimum atomic E-state index is -2.68. The molecule has 4 rings (SSSR count). The van der Waals surface area contributed by atoms with Gasteiger partial charge in [-0.1, -0.05) is 0 Å². The summed E-state index contributed by atoms with van der Waals surface area (Å²) in [5.74, 6) is -7.23. The second kappa shape index (κ2) is 6.88. The van der Waals surface area contributed by atoms with Crippen molar-refractivity contribution in [1.29, 1.82) is 5.39 Å². The first-order valence-corrected chi connectivity index (χ1v) is 9.81. The third-order valence-corrected chi connectivity index (χ3v) is 6.69. The lowest BCUT2D eigenvalue weighted by molar-refractivity contribution is -0.148. The Morgan fingerprint density at radius 3 is 2.47 bits per heavy atom. The van der Waals surface area contributed by atoms with Gasteiger partial charge in [-0.3, -0.25) is 19.3 Å². The second-order valence-corrected chi connectivity index (χ2v) is 8.52. The molecule has 11 nitrogen and oxygen atoms in total. The average Bonchev–Trinajstić information content (AvgIpc) is 2.70. The summed E-state index contributed by atoms with van der Waals surface area (Å²) < 4.78 is 0. The first-order valence-electron chi connectivity index (χ1n) is 9.81. The zero-order valence-corrected chi connectivity index (χ0v) is 17.2. The van der Waals surface area contributed by atoms with Crippen LogP contribution in [0.5, 0.6) is 5.75 Å². The van der Waals surface area contributed by atoms with Crippen LogP contribution < -0.4 is 5.73 Å². The van der Waals surface area contributed by atoms with E-state index in [1.165, 1.54) is 11.0 Å². The number of hydrogen-bond acceptors (Lipinski definition) is 9. The summed E-state index contributed by atoms with van der Waals surface area (Å²) >= 11 is 0. The largest absolute Gasteiger partial charge is 0.510 e. The number of fused-ring (bicyclic) bond motifs is 3. The molecule has 0 bridgehead atoms. The fourth-order valence-corrected chi connectivity index (χ4v) is 5.33. The zero-order valence-electron chi connectivity index (χ0n) is 17.2. The summed E-state index contributed by atoms with van der Waals surface area (Å²) in [6.45, 7) is 0. The topological polar surface area (TPSA) is 190 Å². The predicted molar refractivity (Wildman–Crippen MR) is 108 cm³/mol. The zero-order chi connectivity index (χ0) is 23.7. The van der Waals surface area contributed by atoms with E-state index in [0.717, 1.165) is 6.07 Å². The van der Waals surface area contributed by atoms with Crippen molar-refractivity contribution in [2.75, 3.05) is 14.1 Å². The number of nitrogens with two attached hydrogens (primary N) is 1. The number of diazo groups is 1. The van der Waals surface area contributed by atoms with Crippen molar-refractivity contribution in [3.63, 3.8) is 0 Å². The lowest BCUT2D eigenvalue weighted by Crippen LogP contribution is -2.63. The molecule has 4 atom stereocenters. The number of ketones is 2. The number of allylic oxidation sites excluding steroid dienone is 1. The van der Waals surface area contributed by atoms with Gasteiger partial charge in [0, 0.05) is 17.6 Å². The number of aliphatic hydroxyl groups excluding tert-OH is 2. The van der Waals surface area contributed by atoms with Crippen molar-refractivity contribution >= 4 is 23.2 Å². The Kier molecular flexibility index (Phi) is 4.62. The molecule has 1 amide bonds. The van der Waals surface area contributed by atoms with Crippen molar-refractivity contribution < 1.29 is 34.8 Å². The van der Waals surface area contributed by atoms with Crippen LogP contribution in [0.3, 0.4) is 0 Å². The van der Waals surface area contributed by atoms with Crippen molar-refractivity contribution in [1.82, 2.24) is 4.90 Å². The first kappa shape index (κ1) is 21.5. The molecule has 11 heteroatoms. The molecule has 1 aromatic rings. The number of hydrogen-bond donors (Lipinski definition) is 5. The van der Waals surface area contributed by atoms with Gasteiger partial charge in [-0.2, -0.15) is 0 Å². The molecule has 1 aromatic carbocycles. The predicted octanol–water partition coefficient (Wildman–Crippen LogP) is 0.605. The lowest BCUT2D eigenvalue weighted by atomic mass is 9.58. The normalized spacial score (nSPS) is 29.4. The highest BCUT2D eigenvalue weighted by Crippen LogP contribution is 2.53. The number of rotatable bonds is 2. The molecule has 0 fully saturated rings.